The Labute approximate surface area is 129 Å². The van der Waals surface area contributed by atoms with E-state index in [9.17, 15) is 4.79 Å². The summed E-state index contributed by atoms with van der Waals surface area (Å²) in [5, 5.41) is 3.93. The van der Waals surface area contributed by atoms with Gasteiger partial charge in [0.25, 0.3) is 0 Å². The number of hydrogen-bond acceptors (Lipinski definition) is 4. The van der Waals surface area contributed by atoms with Crippen molar-refractivity contribution in [2.75, 3.05) is 7.11 Å². The molecule has 0 radical (unpaired) electrons. The maximum atomic E-state index is 11.9. The highest BCUT2D eigenvalue weighted by molar-refractivity contribution is 8.00. The van der Waals surface area contributed by atoms with Crippen molar-refractivity contribution < 1.29 is 9.53 Å². The van der Waals surface area contributed by atoms with Crippen molar-refractivity contribution >= 4 is 17.7 Å². The minimum absolute atomic E-state index is 0.188. The molecule has 0 aliphatic heterocycles. The number of rotatable bonds is 6. The Morgan fingerprint density at radius 3 is 2.62 bits per heavy atom. The summed E-state index contributed by atoms with van der Waals surface area (Å²) in [6.45, 7) is 0. The zero-order chi connectivity index (χ0) is 14.9. The molecule has 2 aliphatic carbocycles. The van der Waals surface area contributed by atoms with Gasteiger partial charge in [0.1, 0.15) is 5.75 Å². The van der Waals surface area contributed by atoms with E-state index in [0.717, 1.165) is 25.0 Å². The second-order valence-corrected chi connectivity index (χ2v) is 7.40. The smallest absolute Gasteiger partial charge is 0.237 e. The third-order valence-corrected chi connectivity index (χ3v) is 5.64. The molecule has 3 rings (SSSR count). The first-order valence-corrected chi connectivity index (χ1v) is 8.37. The summed E-state index contributed by atoms with van der Waals surface area (Å²) in [6, 6.07) is 8.59. The molecule has 0 spiro atoms. The minimum Gasteiger partial charge on any atom is -0.497 e. The first-order valence-electron chi connectivity index (χ1n) is 7.50. The molecule has 2 atom stereocenters. The Morgan fingerprint density at radius 2 is 2.05 bits per heavy atom. The van der Waals surface area contributed by atoms with Gasteiger partial charge in [-0.2, -0.15) is 0 Å². The number of hydrogen-bond donors (Lipinski definition) is 2. The first kappa shape index (κ1) is 14.7. The SMILES string of the molecule is COc1ccc(SC2CCC(NC3CC3)(C(N)=O)C2)cc1. The maximum Gasteiger partial charge on any atom is 0.237 e. The molecule has 3 N–H and O–H groups in total. The number of amides is 1. The monoisotopic (exact) mass is 306 g/mol. The van der Waals surface area contributed by atoms with Crippen LogP contribution in [0.3, 0.4) is 0 Å². The van der Waals surface area contributed by atoms with E-state index in [2.05, 4.69) is 17.4 Å². The fourth-order valence-corrected chi connectivity index (χ4v) is 4.27. The highest BCUT2D eigenvalue weighted by Crippen LogP contribution is 2.42. The summed E-state index contributed by atoms with van der Waals surface area (Å²) in [5.74, 6) is 0.680. The van der Waals surface area contributed by atoms with E-state index in [4.69, 9.17) is 10.5 Å². The van der Waals surface area contributed by atoms with Crippen LogP contribution >= 0.6 is 11.8 Å². The molecular formula is C16H22N2O2S. The van der Waals surface area contributed by atoms with Crippen LogP contribution in [0, 0.1) is 0 Å². The second kappa shape index (κ2) is 5.89. The summed E-state index contributed by atoms with van der Waals surface area (Å²) in [5.41, 5.74) is 5.19. The molecule has 4 nitrogen and oxygen atoms in total. The molecule has 2 unspecified atom stereocenters. The molecular weight excluding hydrogens is 284 g/mol. The molecule has 1 aromatic rings. The molecule has 2 fully saturated rings. The zero-order valence-corrected chi connectivity index (χ0v) is 13.1. The summed E-state index contributed by atoms with van der Waals surface area (Å²) in [7, 11) is 1.67. The number of methoxy groups -OCH3 is 1. The normalized spacial score (nSPS) is 28.5. The van der Waals surface area contributed by atoms with Crippen LogP contribution in [0.4, 0.5) is 0 Å². The summed E-state index contributed by atoms with van der Waals surface area (Å²) in [4.78, 5) is 13.1. The van der Waals surface area contributed by atoms with Gasteiger partial charge in [-0.15, -0.1) is 11.8 Å². The maximum absolute atomic E-state index is 11.9. The number of benzene rings is 1. The summed E-state index contributed by atoms with van der Waals surface area (Å²) < 4.78 is 5.17. The fraction of sp³-hybridized carbons (Fsp3) is 0.562. The van der Waals surface area contributed by atoms with E-state index in [1.54, 1.807) is 7.11 Å². The van der Waals surface area contributed by atoms with Crippen molar-refractivity contribution in [1.82, 2.24) is 5.32 Å². The van der Waals surface area contributed by atoms with Crippen LogP contribution in [0.15, 0.2) is 29.2 Å². The van der Waals surface area contributed by atoms with E-state index in [-0.39, 0.29) is 5.91 Å². The Bertz CT molecular complexity index is 516. The van der Waals surface area contributed by atoms with Crippen molar-refractivity contribution in [3.8, 4) is 5.75 Å². The van der Waals surface area contributed by atoms with Gasteiger partial charge in [-0.05, 0) is 56.4 Å². The molecule has 2 aliphatic rings. The lowest BCUT2D eigenvalue weighted by Gasteiger charge is -2.27. The van der Waals surface area contributed by atoms with Crippen LogP contribution in [-0.2, 0) is 4.79 Å². The zero-order valence-electron chi connectivity index (χ0n) is 12.3. The van der Waals surface area contributed by atoms with Gasteiger partial charge in [0.05, 0.1) is 12.6 Å². The standard InChI is InChI=1S/C16H22N2O2S/c1-20-12-4-6-13(7-5-12)21-14-8-9-16(10-14,15(17)19)18-11-2-3-11/h4-7,11,14,18H,2-3,8-10H2,1H3,(H2,17,19). The minimum atomic E-state index is -0.481. The number of ether oxygens (including phenoxy) is 1. The van der Waals surface area contributed by atoms with Gasteiger partial charge in [0.15, 0.2) is 0 Å². The second-order valence-electron chi connectivity index (χ2n) is 6.02. The van der Waals surface area contributed by atoms with Crippen LogP contribution in [0.5, 0.6) is 5.75 Å². The first-order chi connectivity index (χ1) is 10.1. The van der Waals surface area contributed by atoms with Crippen molar-refractivity contribution in [3.05, 3.63) is 24.3 Å². The van der Waals surface area contributed by atoms with Crippen LogP contribution < -0.4 is 15.8 Å². The molecule has 2 saturated carbocycles. The van der Waals surface area contributed by atoms with E-state index < -0.39 is 5.54 Å². The molecule has 1 amide bonds. The molecule has 1 aromatic carbocycles. The third kappa shape index (κ3) is 3.35. The lowest BCUT2D eigenvalue weighted by Crippen LogP contribution is -2.54. The van der Waals surface area contributed by atoms with E-state index in [1.807, 2.05) is 23.9 Å². The van der Waals surface area contributed by atoms with Crippen LogP contribution in [0.25, 0.3) is 0 Å². The number of nitrogens with two attached hydrogens (primary N) is 1. The average Bonchev–Trinajstić information content (AvgIpc) is 3.19. The van der Waals surface area contributed by atoms with Gasteiger partial charge in [-0.3, -0.25) is 4.79 Å². The molecule has 0 bridgehead atoms. The Kier molecular flexibility index (Phi) is 4.13. The largest absolute Gasteiger partial charge is 0.497 e. The van der Waals surface area contributed by atoms with Gasteiger partial charge >= 0.3 is 0 Å². The van der Waals surface area contributed by atoms with Crippen LogP contribution in [-0.4, -0.2) is 29.8 Å². The predicted molar refractivity (Wildman–Crippen MR) is 84.6 cm³/mol. The fourth-order valence-electron chi connectivity index (χ4n) is 2.99. The Balaban J connectivity index is 1.63. The quantitative estimate of drug-likeness (QED) is 0.846. The predicted octanol–water partition coefficient (Wildman–Crippen LogP) is 2.32. The number of thioether (sulfide) groups is 1. The van der Waals surface area contributed by atoms with E-state index in [0.29, 0.717) is 11.3 Å². The van der Waals surface area contributed by atoms with Crippen LogP contribution in [0.1, 0.15) is 32.1 Å². The number of carbonyl (C=O) groups excluding carboxylic acids is 1. The van der Waals surface area contributed by atoms with Gasteiger partial charge in [-0.25, -0.2) is 0 Å². The van der Waals surface area contributed by atoms with Crippen LogP contribution in [0.2, 0.25) is 0 Å². The Morgan fingerprint density at radius 1 is 1.33 bits per heavy atom. The van der Waals surface area contributed by atoms with Gasteiger partial charge in [0.2, 0.25) is 5.91 Å². The van der Waals surface area contributed by atoms with Crippen molar-refractivity contribution in [2.24, 2.45) is 5.73 Å². The molecule has 21 heavy (non-hydrogen) atoms. The Hall–Kier alpha value is -1.20. The molecule has 0 aromatic heterocycles. The summed E-state index contributed by atoms with van der Waals surface area (Å²) >= 11 is 1.83. The van der Waals surface area contributed by atoms with Gasteiger partial charge in [-0.1, -0.05) is 0 Å². The summed E-state index contributed by atoms with van der Waals surface area (Å²) in [6.07, 6.45) is 5.05. The number of carbonyl (C=O) groups is 1. The van der Waals surface area contributed by atoms with Crippen molar-refractivity contribution in [2.45, 2.75) is 53.8 Å². The van der Waals surface area contributed by atoms with Crippen molar-refractivity contribution in [1.29, 1.82) is 0 Å². The number of nitrogens with one attached hydrogen (secondary N) is 1. The lowest BCUT2D eigenvalue weighted by atomic mass is 9.96. The highest BCUT2D eigenvalue weighted by atomic mass is 32.2. The topological polar surface area (TPSA) is 64.3 Å². The van der Waals surface area contributed by atoms with E-state index >= 15 is 0 Å². The highest BCUT2D eigenvalue weighted by Gasteiger charge is 2.46. The molecule has 5 heteroatoms. The molecule has 114 valence electrons. The third-order valence-electron chi connectivity index (χ3n) is 4.36. The molecule has 0 saturated heterocycles. The van der Waals surface area contributed by atoms with E-state index in [1.165, 1.54) is 17.7 Å². The lowest BCUT2D eigenvalue weighted by molar-refractivity contribution is -0.124. The molecule has 0 heterocycles. The number of primary amides is 1. The average molecular weight is 306 g/mol. The van der Waals surface area contributed by atoms with Gasteiger partial charge < -0.3 is 15.8 Å². The van der Waals surface area contributed by atoms with Crippen molar-refractivity contribution in [3.63, 3.8) is 0 Å². The van der Waals surface area contributed by atoms with Gasteiger partial charge in [0, 0.05) is 16.2 Å².